The number of carbonyl (C=O) groups excluding carboxylic acids is 3. The number of aryl methyl sites for hydroxylation is 1. The third-order valence-electron chi connectivity index (χ3n) is 6.91. The highest BCUT2D eigenvalue weighted by Crippen LogP contribution is 2.23. The van der Waals surface area contributed by atoms with Crippen molar-refractivity contribution in [2.24, 2.45) is 11.8 Å². The van der Waals surface area contributed by atoms with Crippen LogP contribution < -0.4 is 16.0 Å². The number of amides is 4. The van der Waals surface area contributed by atoms with Gasteiger partial charge in [-0.2, -0.15) is 0 Å². The maximum Gasteiger partial charge on any atom is 0.323 e. The molecule has 1 fully saturated rings. The highest BCUT2D eigenvalue weighted by Gasteiger charge is 2.30. The highest BCUT2D eigenvalue weighted by molar-refractivity contribution is 6.00. The highest BCUT2D eigenvalue weighted by atomic mass is 16.4. The van der Waals surface area contributed by atoms with Crippen molar-refractivity contribution in [1.82, 2.24) is 10.2 Å². The fourth-order valence-corrected chi connectivity index (χ4v) is 4.88. The monoisotopic (exact) mass is 536 g/mol. The van der Waals surface area contributed by atoms with Crippen LogP contribution in [-0.4, -0.2) is 53.0 Å². The summed E-state index contributed by atoms with van der Waals surface area (Å²) in [5.41, 5.74) is 3.05. The number of carbonyl (C=O) groups is 4. The number of rotatable bonds is 11. The second-order valence-corrected chi connectivity index (χ2v) is 10.7. The first-order chi connectivity index (χ1) is 18.6. The molecule has 0 spiro atoms. The summed E-state index contributed by atoms with van der Waals surface area (Å²) in [4.78, 5) is 51.3. The largest absolute Gasteiger partial charge is 0.481 e. The summed E-state index contributed by atoms with van der Waals surface area (Å²) in [6.45, 7) is 7.10. The van der Waals surface area contributed by atoms with Crippen LogP contribution >= 0.6 is 0 Å². The van der Waals surface area contributed by atoms with Gasteiger partial charge in [-0.25, -0.2) is 4.79 Å². The minimum atomic E-state index is -0.822. The molecule has 210 valence electrons. The van der Waals surface area contributed by atoms with Crippen LogP contribution in [0.4, 0.5) is 16.2 Å². The van der Waals surface area contributed by atoms with Gasteiger partial charge >= 0.3 is 12.0 Å². The number of benzene rings is 2. The average molecular weight is 537 g/mol. The molecule has 0 aromatic heterocycles. The van der Waals surface area contributed by atoms with Crippen LogP contribution in [0.5, 0.6) is 0 Å². The van der Waals surface area contributed by atoms with Gasteiger partial charge in [0, 0.05) is 30.9 Å². The lowest BCUT2D eigenvalue weighted by Gasteiger charge is -2.35. The lowest BCUT2D eigenvalue weighted by Crippen LogP contribution is -2.52. The number of piperidine rings is 1. The topological polar surface area (TPSA) is 128 Å². The van der Waals surface area contributed by atoms with Crippen molar-refractivity contribution >= 4 is 35.2 Å². The van der Waals surface area contributed by atoms with Gasteiger partial charge in [0.2, 0.25) is 11.8 Å². The van der Waals surface area contributed by atoms with Crippen molar-refractivity contribution in [3.63, 3.8) is 0 Å². The van der Waals surface area contributed by atoms with Gasteiger partial charge < -0.3 is 26.0 Å². The molecule has 0 aliphatic carbocycles. The van der Waals surface area contributed by atoms with E-state index in [1.807, 2.05) is 45.0 Å². The molecule has 1 aliphatic rings. The van der Waals surface area contributed by atoms with Crippen LogP contribution in [0.2, 0.25) is 0 Å². The molecule has 2 aromatic carbocycles. The Bertz CT molecular complexity index is 1150. The number of likely N-dealkylation sites (tertiary alicyclic amines) is 1. The quantitative estimate of drug-likeness (QED) is 0.328. The zero-order valence-corrected chi connectivity index (χ0v) is 23.0. The lowest BCUT2D eigenvalue weighted by molar-refractivity contribution is -0.139. The Morgan fingerprint density at radius 1 is 1.03 bits per heavy atom. The van der Waals surface area contributed by atoms with E-state index in [4.69, 9.17) is 5.11 Å². The second-order valence-electron chi connectivity index (χ2n) is 10.7. The molecule has 9 heteroatoms. The first-order valence-corrected chi connectivity index (χ1v) is 13.6. The molecule has 0 saturated carbocycles. The molecule has 4 N–H and O–H groups in total. The molecule has 1 heterocycles. The van der Waals surface area contributed by atoms with Crippen LogP contribution in [0.1, 0.15) is 57.1 Å². The van der Waals surface area contributed by atoms with E-state index in [1.54, 1.807) is 29.2 Å². The number of anilines is 2. The zero-order valence-electron chi connectivity index (χ0n) is 23.0. The third-order valence-corrected chi connectivity index (χ3v) is 6.91. The normalized spacial score (nSPS) is 15.9. The summed E-state index contributed by atoms with van der Waals surface area (Å²) >= 11 is 0. The van der Waals surface area contributed by atoms with Crippen molar-refractivity contribution in [2.45, 2.75) is 65.3 Å². The van der Waals surface area contributed by atoms with Gasteiger partial charge in [-0.1, -0.05) is 44.2 Å². The Balaban J connectivity index is 1.54. The van der Waals surface area contributed by atoms with Crippen molar-refractivity contribution < 1.29 is 24.3 Å². The van der Waals surface area contributed by atoms with E-state index >= 15 is 0 Å². The Labute approximate surface area is 230 Å². The zero-order chi connectivity index (χ0) is 28.4. The van der Waals surface area contributed by atoms with Crippen molar-refractivity contribution in [1.29, 1.82) is 0 Å². The summed E-state index contributed by atoms with van der Waals surface area (Å²) < 4.78 is 0. The molecular weight excluding hydrogens is 496 g/mol. The molecule has 1 unspecified atom stereocenters. The Morgan fingerprint density at radius 2 is 1.74 bits per heavy atom. The van der Waals surface area contributed by atoms with Gasteiger partial charge in [0.25, 0.3) is 0 Å². The molecule has 2 atom stereocenters. The van der Waals surface area contributed by atoms with Gasteiger partial charge in [0.1, 0.15) is 6.04 Å². The maximum atomic E-state index is 13.4. The standard InChI is InChI=1S/C30H40N4O5/c1-20(2)17-26(29(38)34-16-6-8-23(19-34)12-15-28(36)37)32-27(35)18-22-10-13-24(14-11-22)31-30(39)33-25-9-5-4-7-21(25)3/h4-5,7,9-11,13-14,20,23,26H,6,8,12,15-19H2,1-3H3,(H,32,35)(H,36,37)(H2,31,33,39)/t23?,26-/m0/s1. The SMILES string of the molecule is Cc1ccccc1NC(=O)Nc1ccc(CC(=O)N[C@@H](CC(C)C)C(=O)N2CCCC(CCC(=O)O)C2)cc1. The van der Waals surface area contributed by atoms with Crippen LogP contribution in [0.3, 0.4) is 0 Å². The molecule has 39 heavy (non-hydrogen) atoms. The lowest BCUT2D eigenvalue weighted by atomic mass is 9.92. The van der Waals surface area contributed by atoms with Crippen molar-refractivity contribution in [2.75, 3.05) is 23.7 Å². The Hall–Kier alpha value is -3.88. The van der Waals surface area contributed by atoms with E-state index in [2.05, 4.69) is 16.0 Å². The van der Waals surface area contributed by atoms with Gasteiger partial charge in [0.05, 0.1) is 6.42 Å². The summed E-state index contributed by atoms with van der Waals surface area (Å²) in [5.74, 6) is -0.788. The van der Waals surface area contributed by atoms with Gasteiger partial charge in [0.15, 0.2) is 0 Å². The molecule has 3 rings (SSSR count). The minimum absolute atomic E-state index is 0.101. The number of hydrogen-bond acceptors (Lipinski definition) is 4. The molecule has 2 aromatic rings. The van der Waals surface area contributed by atoms with E-state index in [0.29, 0.717) is 31.6 Å². The molecule has 0 radical (unpaired) electrons. The third kappa shape index (κ3) is 9.74. The minimum Gasteiger partial charge on any atom is -0.481 e. The molecule has 4 amide bonds. The van der Waals surface area contributed by atoms with Crippen LogP contribution in [0.15, 0.2) is 48.5 Å². The average Bonchev–Trinajstić information content (AvgIpc) is 2.89. The predicted octanol–water partition coefficient (Wildman–Crippen LogP) is 4.82. The van der Waals surface area contributed by atoms with Crippen molar-refractivity contribution in [3.05, 3.63) is 59.7 Å². The summed E-state index contributed by atoms with van der Waals surface area (Å²) in [7, 11) is 0. The molecule has 1 aliphatic heterocycles. The van der Waals surface area contributed by atoms with E-state index < -0.39 is 12.0 Å². The van der Waals surface area contributed by atoms with Crippen LogP contribution in [0.25, 0.3) is 0 Å². The number of para-hydroxylation sites is 1. The number of hydrogen-bond donors (Lipinski definition) is 4. The fraction of sp³-hybridized carbons (Fsp3) is 0.467. The van der Waals surface area contributed by atoms with E-state index in [1.165, 1.54) is 0 Å². The number of aliphatic carboxylic acids is 1. The molecule has 1 saturated heterocycles. The molecular formula is C30H40N4O5. The van der Waals surface area contributed by atoms with Gasteiger partial charge in [-0.3, -0.25) is 14.4 Å². The number of carboxylic acid groups (broad SMARTS) is 1. The van der Waals surface area contributed by atoms with Gasteiger partial charge in [-0.05, 0) is 73.8 Å². The number of urea groups is 1. The van der Waals surface area contributed by atoms with E-state index in [9.17, 15) is 19.2 Å². The smallest absolute Gasteiger partial charge is 0.323 e. The van der Waals surface area contributed by atoms with Crippen LogP contribution in [-0.2, 0) is 20.8 Å². The Morgan fingerprint density at radius 3 is 2.41 bits per heavy atom. The first kappa shape index (κ1) is 29.7. The molecule has 9 nitrogen and oxygen atoms in total. The number of carboxylic acids is 1. The summed E-state index contributed by atoms with van der Waals surface area (Å²) in [6.07, 6.45) is 3.04. The first-order valence-electron chi connectivity index (χ1n) is 13.6. The van der Waals surface area contributed by atoms with E-state index in [0.717, 1.165) is 29.7 Å². The van der Waals surface area contributed by atoms with E-state index in [-0.39, 0.29) is 42.5 Å². The second kappa shape index (κ2) is 14.3. The van der Waals surface area contributed by atoms with Gasteiger partial charge in [-0.15, -0.1) is 0 Å². The Kier molecular flexibility index (Phi) is 10.9. The molecule has 0 bridgehead atoms. The number of nitrogens with one attached hydrogen (secondary N) is 3. The number of nitrogens with zero attached hydrogens (tertiary/aromatic N) is 1. The van der Waals surface area contributed by atoms with Crippen molar-refractivity contribution in [3.8, 4) is 0 Å². The summed E-state index contributed by atoms with van der Waals surface area (Å²) in [6, 6.07) is 13.6. The predicted molar refractivity (Wildman–Crippen MR) is 152 cm³/mol. The van der Waals surface area contributed by atoms with Crippen LogP contribution in [0, 0.1) is 18.8 Å². The summed E-state index contributed by atoms with van der Waals surface area (Å²) in [5, 5.41) is 17.5. The maximum absolute atomic E-state index is 13.4. The fourth-order valence-electron chi connectivity index (χ4n) is 4.88.